The minimum atomic E-state index is -0.0357. The number of nitrogens with zero attached hydrogens (tertiary/aromatic N) is 5. The van der Waals surface area contributed by atoms with Gasteiger partial charge in [-0.25, -0.2) is 9.97 Å². The second-order valence-corrected chi connectivity index (χ2v) is 8.44. The van der Waals surface area contributed by atoms with Gasteiger partial charge in [0.15, 0.2) is 0 Å². The Labute approximate surface area is 170 Å². The Morgan fingerprint density at radius 2 is 1.93 bits per heavy atom. The summed E-state index contributed by atoms with van der Waals surface area (Å²) in [6.45, 7) is 4.44. The molecule has 1 aliphatic heterocycles. The first kappa shape index (κ1) is 17.5. The predicted octanol–water partition coefficient (Wildman–Crippen LogP) is 3.20. The average molecular weight is 410 g/mol. The highest BCUT2D eigenvalue weighted by molar-refractivity contribution is 7.14. The molecule has 4 aromatic rings. The number of thiophene rings is 1. The maximum atomic E-state index is 12.3. The zero-order valence-electron chi connectivity index (χ0n) is 15.2. The van der Waals surface area contributed by atoms with E-state index < -0.39 is 0 Å². The van der Waals surface area contributed by atoms with Crippen molar-refractivity contribution in [2.24, 2.45) is 0 Å². The molecule has 1 aliphatic rings. The fraction of sp³-hybridized carbons (Fsp3) is 0.250. The van der Waals surface area contributed by atoms with E-state index >= 15 is 0 Å². The molecule has 8 heteroatoms. The molecule has 5 heterocycles. The van der Waals surface area contributed by atoms with Crippen molar-refractivity contribution in [2.75, 3.05) is 31.1 Å². The van der Waals surface area contributed by atoms with Crippen molar-refractivity contribution in [1.82, 2.24) is 19.3 Å². The summed E-state index contributed by atoms with van der Waals surface area (Å²) in [6.07, 6.45) is 1.75. The van der Waals surface area contributed by atoms with E-state index in [1.165, 1.54) is 5.56 Å². The van der Waals surface area contributed by atoms with E-state index in [-0.39, 0.29) is 5.56 Å². The first-order valence-corrected chi connectivity index (χ1v) is 11.0. The Morgan fingerprint density at radius 1 is 1.04 bits per heavy atom. The minimum Gasteiger partial charge on any atom is -0.354 e. The van der Waals surface area contributed by atoms with Crippen molar-refractivity contribution in [3.05, 3.63) is 68.7 Å². The van der Waals surface area contributed by atoms with Crippen molar-refractivity contribution in [3.63, 3.8) is 0 Å². The van der Waals surface area contributed by atoms with Crippen LogP contribution in [-0.2, 0) is 6.54 Å². The van der Waals surface area contributed by atoms with Crippen molar-refractivity contribution in [3.8, 4) is 10.6 Å². The van der Waals surface area contributed by atoms with E-state index in [1.54, 1.807) is 39.3 Å². The Balaban J connectivity index is 1.25. The molecule has 0 amide bonds. The van der Waals surface area contributed by atoms with Gasteiger partial charge in [0.1, 0.15) is 16.5 Å². The van der Waals surface area contributed by atoms with Crippen LogP contribution in [0.3, 0.4) is 0 Å². The monoisotopic (exact) mass is 409 g/mol. The average Bonchev–Trinajstić information content (AvgIpc) is 3.40. The first-order valence-electron chi connectivity index (χ1n) is 9.19. The van der Waals surface area contributed by atoms with Crippen molar-refractivity contribution >= 4 is 34.1 Å². The van der Waals surface area contributed by atoms with E-state index in [0.717, 1.165) is 49.2 Å². The van der Waals surface area contributed by atoms with Gasteiger partial charge in [-0.2, -0.15) is 11.3 Å². The lowest BCUT2D eigenvalue weighted by Crippen LogP contribution is -2.46. The molecule has 0 unspecified atom stereocenters. The number of hydrogen-bond donors (Lipinski definition) is 0. The lowest BCUT2D eigenvalue weighted by atomic mass is 10.3. The van der Waals surface area contributed by atoms with Crippen LogP contribution in [0.15, 0.2) is 57.5 Å². The highest BCUT2D eigenvalue weighted by Crippen LogP contribution is 2.26. The van der Waals surface area contributed by atoms with Gasteiger partial charge in [0.25, 0.3) is 5.56 Å². The van der Waals surface area contributed by atoms with Gasteiger partial charge >= 0.3 is 0 Å². The van der Waals surface area contributed by atoms with Gasteiger partial charge in [-0.15, -0.1) is 11.3 Å². The van der Waals surface area contributed by atoms with Gasteiger partial charge in [-0.05, 0) is 23.6 Å². The number of anilines is 1. The molecular formula is C20H19N5OS2. The number of aromatic nitrogens is 3. The van der Waals surface area contributed by atoms with E-state index in [2.05, 4.69) is 37.0 Å². The molecular weight excluding hydrogens is 390 g/mol. The Kier molecular flexibility index (Phi) is 4.67. The molecule has 0 aliphatic carbocycles. The summed E-state index contributed by atoms with van der Waals surface area (Å²) in [5, 5.41) is 7.48. The molecule has 28 heavy (non-hydrogen) atoms. The molecule has 0 aromatic carbocycles. The van der Waals surface area contributed by atoms with Crippen LogP contribution in [0.2, 0.25) is 0 Å². The Bertz CT molecular complexity index is 1140. The second-order valence-electron chi connectivity index (χ2n) is 6.80. The number of hydrogen-bond acceptors (Lipinski definition) is 7. The van der Waals surface area contributed by atoms with Crippen LogP contribution in [0.25, 0.3) is 16.2 Å². The van der Waals surface area contributed by atoms with E-state index in [0.29, 0.717) is 5.65 Å². The third-order valence-electron chi connectivity index (χ3n) is 4.96. The number of rotatable bonds is 4. The Morgan fingerprint density at radius 3 is 2.75 bits per heavy atom. The molecule has 1 saturated heterocycles. The van der Waals surface area contributed by atoms with Crippen molar-refractivity contribution in [1.29, 1.82) is 0 Å². The maximum Gasteiger partial charge on any atom is 0.259 e. The van der Waals surface area contributed by atoms with E-state index in [4.69, 9.17) is 4.98 Å². The number of fused-ring (bicyclic) bond motifs is 1. The van der Waals surface area contributed by atoms with Crippen LogP contribution >= 0.6 is 22.7 Å². The number of piperazine rings is 1. The maximum absolute atomic E-state index is 12.3. The quantitative estimate of drug-likeness (QED) is 0.518. The molecule has 4 aromatic heterocycles. The SMILES string of the molecule is O=c1cc(N2CCN(Cc3csc(-c4ccsc4)n3)CC2)nc2ccccn12. The van der Waals surface area contributed by atoms with Crippen LogP contribution in [0.5, 0.6) is 0 Å². The molecule has 6 nitrogen and oxygen atoms in total. The summed E-state index contributed by atoms with van der Waals surface area (Å²) in [6, 6.07) is 9.37. The zero-order chi connectivity index (χ0) is 18.9. The van der Waals surface area contributed by atoms with Gasteiger partial charge in [-0.1, -0.05) is 6.07 Å². The number of pyridine rings is 1. The van der Waals surface area contributed by atoms with E-state index in [1.807, 2.05) is 18.2 Å². The molecule has 5 rings (SSSR count). The summed E-state index contributed by atoms with van der Waals surface area (Å²) < 4.78 is 1.58. The molecule has 0 saturated carbocycles. The topological polar surface area (TPSA) is 53.7 Å². The summed E-state index contributed by atoms with van der Waals surface area (Å²) in [5.41, 5.74) is 2.99. The van der Waals surface area contributed by atoms with Gasteiger partial charge in [0.05, 0.1) is 5.69 Å². The molecule has 0 spiro atoms. The van der Waals surface area contributed by atoms with Crippen molar-refractivity contribution in [2.45, 2.75) is 6.54 Å². The third kappa shape index (κ3) is 3.46. The lowest BCUT2D eigenvalue weighted by Gasteiger charge is -2.35. The van der Waals surface area contributed by atoms with Crippen molar-refractivity contribution < 1.29 is 0 Å². The first-order chi connectivity index (χ1) is 13.8. The van der Waals surface area contributed by atoms with E-state index in [9.17, 15) is 4.79 Å². The molecule has 0 radical (unpaired) electrons. The van der Waals surface area contributed by atoms with Crippen LogP contribution < -0.4 is 10.5 Å². The number of thiazole rings is 1. The zero-order valence-corrected chi connectivity index (χ0v) is 16.8. The fourth-order valence-corrected chi connectivity index (χ4v) is 4.99. The summed E-state index contributed by atoms with van der Waals surface area (Å²) in [4.78, 5) is 26.4. The van der Waals surface area contributed by atoms with Crippen LogP contribution in [0.4, 0.5) is 5.82 Å². The highest BCUT2D eigenvalue weighted by atomic mass is 32.1. The lowest BCUT2D eigenvalue weighted by molar-refractivity contribution is 0.247. The van der Waals surface area contributed by atoms with Crippen LogP contribution in [0, 0.1) is 0 Å². The molecule has 0 bridgehead atoms. The van der Waals surface area contributed by atoms with Gasteiger partial charge in [-0.3, -0.25) is 14.1 Å². The molecule has 0 N–H and O–H groups in total. The predicted molar refractivity (Wildman–Crippen MR) is 114 cm³/mol. The summed E-state index contributed by atoms with van der Waals surface area (Å²) in [7, 11) is 0. The highest BCUT2D eigenvalue weighted by Gasteiger charge is 2.20. The van der Waals surface area contributed by atoms with Gasteiger partial charge in [0, 0.05) is 61.3 Å². The van der Waals surface area contributed by atoms with Crippen LogP contribution in [-0.4, -0.2) is 45.4 Å². The normalized spacial score (nSPS) is 15.4. The minimum absolute atomic E-state index is 0.0357. The molecule has 142 valence electrons. The summed E-state index contributed by atoms with van der Waals surface area (Å²) in [5.74, 6) is 0.768. The smallest absolute Gasteiger partial charge is 0.259 e. The van der Waals surface area contributed by atoms with Gasteiger partial charge < -0.3 is 4.90 Å². The van der Waals surface area contributed by atoms with Crippen LogP contribution in [0.1, 0.15) is 5.69 Å². The second kappa shape index (κ2) is 7.46. The standard InChI is InChI=1S/C20H19N5OS2/c26-19-11-18(22-17-3-1-2-5-25(17)19)24-8-6-23(7-9-24)12-16-14-28-20(21-16)15-4-10-27-13-15/h1-5,10-11,13-14H,6-9,12H2. The fourth-order valence-electron chi connectivity index (χ4n) is 3.47. The van der Waals surface area contributed by atoms with Gasteiger partial charge in [0.2, 0.25) is 0 Å². The molecule has 0 atom stereocenters. The summed E-state index contributed by atoms with van der Waals surface area (Å²) >= 11 is 3.41. The third-order valence-corrected chi connectivity index (χ3v) is 6.58. The molecule has 1 fully saturated rings. The largest absolute Gasteiger partial charge is 0.354 e. The Hall–Kier alpha value is -2.55.